The van der Waals surface area contributed by atoms with Crippen LogP contribution in [0.2, 0.25) is 0 Å². The first-order valence-corrected chi connectivity index (χ1v) is 7.16. The van der Waals surface area contributed by atoms with Gasteiger partial charge < -0.3 is 0 Å². The first-order valence-electron chi connectivity index (χ1n) is 7.16. The second-order valence-electron chi connectivity index (χ2n) is 6.61. The summed E-state index contributed by atoms with van der Waals surface area (Å²) in [5, 5.41) is 0. The van der Waals surface area contributed by atoms with Crippen LogP contribution in [0.25, 0.3) is 0 Å². The Morgan fingerprint density at radius 1 is 1.00 bits per heavy atom. The Balaban J connectivity index is 0. The highest BCUT2D eigenvalue weighted by atomic mass is 16.1. The summed E-state index contributed by atoms with van der Waals surface area (Å²) in [7, 11) is 0. The number of ketones is 1. The van der Waals surface area contributed by atoms with Crippen molar-refractivity contribution < 1.29 is 4.79 Å². The molecule has 104 valence electrons. The van der Waals surface area contributed by atoms with Crippen molar-refractivity contribution in [1.82, 2.24) is 0 Å². The Kier molecular flexibility index (Phi) is 10.8. The Morgan fingerprint density at radius 2 is 1.47 bits per heavy atom. The molecule has 0 aromatic heterocycles. The van der Waals surface area contributed by atoms with Gasteiger partial charge in [0.15, 0.2) is 0 Å². The summed E-state index contributed by atoms with van der Waals surface area (Å²) in [5.41, 5.74) is 0.564. The molecule has 0 saturated heterocycles. The predicted molar refractivity (Wildman–Crippen MR) is 78.3 cm³/mol. The van der Waals surface area contributed by atoms with Crippen LogP contribution in [-0.4, -0.2) is 5.78 Å². The van der Waals surface area contributed by atoms with Crippen LogP contribution >= 0.6 is 0 Å². The third-order valence-electron chi connectivity index (χ3n) is 2.95. The molecular weight excluding hydrogens is 208 g/mol. The van der Waals surface area contributed by atoms with Crippen molar-refractivity contribution in [3.05, 3.63) is 0 Å². The van der Waals surface area contributed by atoms with E-state index in [1.54, 1.807) is 0 Å². The zero-order valence-electron chi connectivity index (χ0n) is 13.4. The summed E-state index contributed by atoms with van der Waals surface area (Å²) >= 11 is 0. The molecule has 0 aromatic rings. The molecule has 0 aromatic carbocycles. The van der Waals surface area contributed by atoms with Gasteiger partial charge in [0.2, 0.25) is 0 Å². The second-order valence-corrected chi connectivity index (χ2v) is 6.61. The van der Waals surface area contributed by atoms with Crippen LogP contribution in [0.1, 0.15) is 81.1 Å². The summed E-state index contributed by atoms with van der Waals surface area (Å²) in [5.74, 6) is 1.75. The highest BCUT2D eigenvalue weighted by Gasteiger charge is 2.15. The average molecular weight is 242 g/mol. The van der Waals surface area contributed by atoms with E-state index in [1.165, 1.54) is 12.8 Å². The lowest BCUT2D eigenvalue weighted by atomic mass is 9.82. The van der Waals surface area contributed by atoms with E-state index < -0.39 is 0 Å². The molecule has 0 amide bonds. The molecule has 0 unspecified atom stereocenters. The molecule has 0 atom stereocenters. The van der Waals surface area contributed by atoms with E-state index in [1.807, 2.05) is 6.92 Å². The monoisotopic (exact) mass is 242 g/mol. The molecule has 1 nitrogen and oxygen atoms in total. The summed E-state index contributed by atoms with van der Waals surface area (Å²) in [6.45, 7) is 17.6. The number of Topliss-reactive ketones (excluding diaryl/α,β-unsaturated/α-hetero) is 1. The number of carbonyl (C=O) groups is 1. The van der Waals surface area contributed by atoms with Gasteiger partial charge in [-0.1, -0.05) is 61.8 Å². The van der Waals surface area contributed by atoms with Crippen LogP contribution in [0.15, 0.2) is 0 Å². The third kappa shape index (κ3) is 15.7. The van der Waals surface area contributed by atoms with Crippen LogP contribution in [0.3, 0.4) is 0 Å². The summed E-state index contributed by atoms with van der Waals surface area (Å²) < 4.78 is 0. The lowest BCUT2D eigenvalue weighted by molar-refractivity contribution is -0.119. The lowest BCUT2D eigenvalue weighted by Crippen LogP contribution is -2.12. The zero-order valence-corrected chi connectivity index (χ0v) is 13.4. The molecule has 0 N–H and O–H groups in total. The Morgan fingerprint density at radius 3 is 1.59 bits per heavy atom. The Hall–Kier alpha value is -0.330. The molecule has 0 fully saturated rings. The molecule has 0 saturated carbocycles. The van der Waals surface area contributed by atoms with Gasteiger partial charge in [-0.05, 0) is 23.7 Å². The smallest absolute Gasteiger partial charge is 0.132 e. The van der Waals surface area contributed by atoms with Gasteiger partial charge in [-0.2, -0.15) is 0 Å². The van der Waals surface area contributed by atoms with Crippen molar-refractivity contribution in [2.24, 2.45) is 17.3 Å². The van der Waals surface area contributed by atoms with Gasteiger partial charge >= 0.3 is 0 Å². The van der Waals surface area contributed by atoms with E-state index in [9.17, 15) is 4.79 Å². The fourth-order valence-corrected chi connectivity index (χ4v) is 1.85. The van der Waals surface area contributed by atoms with Gasteiger partial charge in [0.1, 0.15) is 5.78 Å². The first-order chi connectivity index (χ1) is 7.64. The largest absolute Gasteiger partial charge is 0.300 e. The second kappa shape index (κ2) is 9.67. The quantitative estimate of drug-likeness (QED) is 0.602. The molecular formula is C16H34O. The van der Waals surface area contributed by atoms with E-state index in [4.69, 9.17) is 0 Å². The number of hydrogen-bond donors (Lipinski definition) is 0. The molecule has 0 bridgehead atoms. The molecule has 0 radical (unpaired) electrons. The maximum Gasteiger partial charge on any atom is 0.132 e. The standard InChI is InChI=1S/C9H20.C7H14O/c1-6-9(4,5)7-8(2)3;1-4-7(8)5-6(2)3/h8H,6-7H2,1-5H3;6H,4-5H2,1-3H3. The first kappa shape index (κ1) is 19.0. The molecule has 0 rings (SSSR count). The van der Waals surface area contributed by atoms with Crippen LogP contribution in [-0.2, 0) is 4.79 Å². The molecule has 0 spiro atoms. The minimum atomic E-state index is 0.375. The van der Waals surface area contributed by atoms with E-state index in [-0.39, 0.29) is 0 Å². The van der Waals surface area contributed by atoms with E-state index in [2.05, 4.69) is 48.5 Å². The van der Waals surface area contributed by atoms with Gasteiger partial charge in [0.25, 0.3) is 0 Å². The molecule has 17 heavy (non-hydrogen) atoms. The molecule has 0 aliphatic heterocycles. The van der Waals surface area contributed by atoms with Crippen molar-refractivity contribution in [3.63, 3.8) is 0 Å². The fraction of sp³-hybridized carbons (Fsp3) is 0.938. The number of hydrogen-bond acceptors (Lipinski definition) is 1. The lowest BCUT2D eigenvalue weighted by Gasteiger charge is -2.24. The molecule has 0 aliphatic carbocycles. The van der Waals surface area contributed by atoms with E-state index in [0.717, 1.165) is 12.3 Å². The highest BCUT2D eigenvalue weighted by Crippen LogP contribution is 2.28. The number of carbonyl (C=O) groups excluding carboxylic acids is 1. The van der Waals surface area contributed by atoms with Crippen LogP contribution in [0, 0.1) is 17.3 Å². The van der Waals surface area contributed by atoms with Gasteiger partial charge in [-0.15, -0.1) is 0 Å². The van der Waals surface area contributed by atoms with Gasteiger partial charge in [-0.25, -0.2) is 0 Å². The van der Waals surface area contributed by atoms with Crippen molar-refractivity contribution in [1.29, 1.82) is 0 Å². The van der Waals surface area contributed by atoms with Crippen LogP contribution in [0.5, 0.6) is 0 Å². The van der Waals surface area contributed by atoms with Crippen molar-refractivity contribution in [2.75, 3.05) is 0 Å². The normalized spacial score (nSPS) is 11.4. The van der Waals surface area contributed by atoms with Crippen LogP contribution < -0.4 is 0 Å². The van der Waals surface area contributed by atoms with Crippen LogP contribution in [0.4, 0.5) is 0 Å². The summed E-state index contributed by atoms with van der Waals surface area (Å²) in [6, 6.07) is 0. The average Bonchev–Trinajstić information content (AvgIpc) is 2.16. The maximum atomic E-state index is 10.6. The van der Waals surface area contributed by atoms with Gasteiger partial charge in [-0.3, -0.25) is 4.79 Å². The maximum absolute atomic E-state index is 10.6. The minimum Gasteiger partial charge on any atom is -0.300 e. The van der Waals surface area contributed by atoms with Crippen molar-refractivity contribution in [2.45, 2.75) is 81.1 Å². The molecule has 0 aliphatic rings. The fourth-order valence-electron chi connectivity index (χ4n) is 1.85. The van der Waals surface area contributed by atoms with Gasteiger partial charge in [0, 0.05) is 12.8 Å². The zero-order chi connectivity index (χ0) is 14.1. The van der Waals surface area contributed by atoms with Crippen molar-refractivity contribution >= 4 is 5.78 Å². The predicted octanol–water partition coefficient (Wildman–Crippen LogP) is 5.48. The molecule has 1 heteroatoms. The van der Waals surface area contributed by atoms with Gasteiger partial charge in [0.05, 0.1) is 0 Å². The summed E-state index contributed by atoms with van der Waals surface area (Å²) in [4.78, 5) is 10.6. The van der Waals surface area contributed by atoms with E-state index in [0.29, 0.717) is 23.5 Å². The third-order valence-corrected chi connectivity index (χ3v) is 2.95. The molecule has 0 heterocycles. The number of rotatable bonds is 6. The SMILES string of the molecule is CCC(=O)CC(C)C.CCC(C)(C)CC(C)C. The Bertz CT molecular complexity index is 190. The van der Waals surface area contributed by atoms with Crippen molar-refractivity contribution in [3.8, 4) is 0 Å². The Labute approximate surface area is 109 Å². The summed E-state index contributed by atoms with van der Waals surface area (Å²) in [6.07, 6.45) is 4.09. The topological polar surface area (TPSA) is 17.1 Å². The highest BCUT2D eigenvalue weighted by molar-refractivity contribution is 5.78. The minimum absolute atomic E-state index is 0.375. The van der Waals surface area contributed by atoms with E-state index >= 15 is 0 Å².